The molecule has 2 aromatic heterocycles. The van der Waals surface area contributed by atoms with Crippen LogP contribution in [0.2, 0.25) is 0 Å². The number of phenols is 2. The molecule has 0 aliphatic heterocycles. The summed E-state index contributed by atoms with van der Waals surface area (Å²) >= 11 is 0. The molecule has 0 unspecified atom stereocenters. The summed E-state index contributed by atoms with van der Waals surface area (Å²) in [6.45, 7) is 0. The number of aromatic hydroxyl groups is 3. The Morgan fingerprint density at radius 2 is 1.28 bits per heavy atom. The van der Waals surface area contributed by atoms with E-state index in [4.69, 9.17) is 9.97 Å². The molecule has 3 aromatic carbocycles. The molecule has 5 aromatic rings. The second-order valence-electron chi connectivity index (χ2n) is 7.71. The van der Waals surface area contributed by atoms with Gasteiger partial charge in [-0.3, -0.25) is 4.40 Å². The van der Waals surface area contributed by atoms with Crippen molar-refractivity contribution in [2.45, 2.75) is 12.8 Å². The molecule has 32 heavy (non-hydrogen) atoms. The first-order valence-electron chi connectivity index (χ1n) is 10.3. The lowest BCUT2D eigenvalue weighted by atomic mass is 10.1. The molecule has 0 amide bonds. The van der Waals surface area contributed by atoms with Gasteiger partial charge in [-0.2, -0.15) is 0 Å². The van der Waals surface area contributed by atoms with E-state index < -0.39 is 0 Å². The molecular formula is C26H21N3O3. The Morgan fingerprint density at radius 1 is 0.656 bits per heavy atom. The number of aromatic nitrogens is 3. The molecule has 0 bridgehead atoms. The average molecular weight is 423 g/mol. The van der Waals surface area contributed by atoms with E-state index in [1.165, 1.54) is 0 Å². The molecule has 0 fully saturated rings. The summed E-state index contributed by atoms with van der Waals surface area (Å²) in [5, 5.41) is 30.2. The summed E-state index contributed by atoms with van der Waals surface area (Å²) in [5.74, 6) is 0.423. The topological polar surface area (TPSA) is 90.9 Å². The molecule has 0 aliphatic carbocycles. The molecule has 2 heterocycles. The van der Waals surface area contributed by atoms with Crippen molar-refractivity contribution in [2.24, 2.45) is 0 Å². The van der Waals surface area contributed by atoms with Crippen LogP contribution >= 0.6 is 0 Å². The molecule has 158 valence electrons. The van der Waals surface area contributed by atoms with Crippen LogP contribution in [0.1, 0.15) is 22.5 Å². The normalized spacial score (nSPS) is 11.1. The highest BCUT2D eigenvalue weighted by Crippen LogP contribution is 2.30. The van der Waals surface area contributed by atoms with Gasteiger partial charge in [-0.05, 0) is 47.5 Å². The van der Waals surface area contributed by atoms with E-state index in [0.29, 0.717) is 29.9 Å². The molecule has 0 saturated carbocycles. The van der Waals surface area contributed by atoms with Crippen LogP contribution < -0.4 is 0 Å². The molecule has 0 saturated heterocycles. The van der Waals surface area contributed by atoms with Crippen molar-refractivity contribution < 1.29 is 15.3 Å². The first-order chi connectivity index (χ1) is 15.6. The first-order valence-corrected chi connectivity index (χ1v) is 10.3. The van der Waals surface area contributed by atoms with E-state index >= 15 is 0 Å². The largest absolute Gasteiger partial charge is 0.508 e. The Kier molecular flexibility index (Phi) is 4.95. The minimum atomic E-state index is 0.0600. The van der Waals surface area contributed by atoms with E-state index in [2.05, 4.69) is 0 Å². The SMILES string of the molecule is Oc1ccc(Cc2nc3c(-c4ccc(O)cc4)nc(Cc4ccccc4)cn3c2O)cc1. The highest BCUT2D eigenvalue weighted by atomic mass is 16.3. The Labute approximate surface area is 184 Å². The second kappa shape index (κ2) is 8.07. The van der Waals surface area contributed by atoms with Gasteiger partial charge in [-0.15, -0.1) is 0 Å². The molecule has 6 nitrogen and oxygen atoms in total. The second-order valence-corrected chi connectivity index (χ2v) is 7.71. The average Bonchev–Trinajstić information content (AvgIpc) is 3.11. The number of nitrogens with zero attached hydrogens (tertiary/aromatic N) is 3. The molecule has 0 radical (unpaired) electrons. The summed E-state index contributed by atoms with van der Waals surface area (Å²) in [4.78, 5) is 9.56. The summed E-state index contributed by atoms with van der Waals surface area (Å²) in [6, 6.07) is 23.6. The van der Waals surface area contributed by atoms with Crippen LogP contribution in [0, 0.1) is 0 Å². The monoisotopic (exact) mass is 423 g/mol. The molecule has 0 aliphatic rings. The van der Waals surface area contributed by atoms with Gasteiger partial charge < -0.3 is 15.3 Å². The van der Waals surface area contributed by atoms with Crippen molar-refractivity contribution in [3.8, 4) is 28.6 Å². The fourth-order valence-electron chi connectivity index (χ4n) is 3.76. The van der Waals surface area contributed by atoms with Gasteiger partial charge in [0.25, 0.3) is 0 Å². The summed E-state index contributed by atoms with van der Waals surface area (Å²) in [7, 11) is 0. The minimum absolute atomic E-state index is 0.0600. The third-order valence-corrected chi connectivity index (χ3v) is 5.38. The highest BCUT2D eigenvalue weighted by molar-refractivity contribution is 5.75. The quantitative estimate of drug-likeness (QED) is 0.381. The van der Waals surface area contributed by atoms with Crippen LogP contribution in [-0.4, -0.2) is 29.7 Å². The Hall–Kier alpha value is -4.32. The number of fused-ring (bicyclic) bond motifs is 1. The Bertz CT molecular complexity index is 1380. The van der Waals surface area contributed by atoms with Gasteiger partial charge in [0.2, 0.25) is 5.88 Å². The predicted molar refractivity (Wildman–Crippen MR) is 122 cm³/mol. The number of phenolic OH excluding ortho intramolecular Hbond substituents is 2. The number of benzene rings is 3. The number of hydrogen-bond acceptors (Lipinski definition) is 5. The molecule has 0 atom stereocenters. The van der Waals surface area contributed by atoms with Crippen molar-refractivity contribution >= 4 is 5.65 Å². The van der Waals surface area contributed by atoms with E-state index in [1.54, 1.807) is 52.9 Å². The van der Waals surface area contributed by atoms with Crippen LogP contribution in [0.5, 0.6) is 17.4 Å². The van der Waals surface area contributed by atoms with E-state index in [9.17, 15) is 15.3 Å². The fourth-order valence-corrected chi connectivity index (χ4v) is 3.76. The zero-order valence-electron chi connectivity index (χ0n) is 17.2. The van der Waals surface area contributed by atoms with Gasteiger partial charge in [0.05, 0.1) is 5.69 Å². The highest BCUT2D eigenvalue weighted by Gasteiger charge is 2.18. The maximum Gasteiger partial charge on any atom is 0.219 e. The zero-order valence-corrected chi connectivity index (χ0v) is 17.2. The fraction of sp³-hybridized carbons (Fsp3) is 0.0769. The van der Waals surface area contributed by atoms with Crippen LogP contribution in [0.25, 0.3) is 16.9 Å². The Balaban J connectivity index is 1.64. The summed E-state index contributed by atoms with van der Waals surface area (Å²) < 4.78 is 1.67. The molecule has 6 heteroatoms. The van der Waals surface area contributed by atoms with Crippen molar-refractivity contribution in [2.75, 3.05) is 0 Å². The lowest BCUT2D eigenvalue weighted by Gasteiger charge is -2.08. The predicted octanol–water partition coefficient (Wildman–Crippen LogP) is 4.69. The third kappa shape index (κ3) is 3.86. The smallest absolute Gasteiger partial charge is 0.219 e. The third-order valence-electron chi connectivity index (χ3n) is 5.38. The van der Waals surface area contributed by atoms with Gasteiger partial charge in [-0.1, -0.05) is 42.5 Å². The number of rotatable bonds is 5. The van der Waals surface area contributed by atoms with E-state index in [1.807, 2.05) is 36.5 Å². The van der Waals surface area contributed by atoms with Gasteiger partial charge in [0, 0.05) is 24.6 Å². The number of hydrogen-bond donors (Lipinski definition) is 3. The maximum absolute atomic E-state index is 11.0. The van der Waals surface area contributed by atoms with Crippen molar-refractivity contribution in [1.82, 2.24) is 14.4 Å². The molecular weight excluding hydrogens is 402 g/mol. The Morgan fingerprint density at radius 3 is 1.97 bits per heavy atom. The van der Waals surface area contributed by atoms with Crippen molar-refractivity contribution in [1.29, 1.82) is 0 Å². The maximum atomic E-state index is 11.0. The van der Waals surface area contributed by atoms with Crippen molar-refractivity contribution in [3.63, 3.8) is 0 Å². The standard InChI is InChI=1S/C26H21N3O3/c30-21-10-6-18(7-11-21)15-23-26(32)29-16-20(14-17-4-2-1-3-5-17)27-24(25(29)28-23)19-8-12-22(31)13-9-19/h1-13,16,30-32H,14-15H2. The van der Waals surface area contributed by atoms with Gasteiger partial charge in [0.15, 0.2) is 5.65 Å². The van der Waals surface area contributed by atoms with Gasteiger partial charge in [0.1, 0.15) is 22.9 Å². The van der Waals surface area contributed by atoms with E-state index in [0.717, 1.165) is 22.4 Å². The molecule has 0 spiro atoms. The lowest BCUT2D eigenvalue weighted by molar-refractivity contribution is 0.442. The van der Waals surface area contributed by atoms with Crippen LogP contribution in [0.3, 0.4) is 0 Å². The lowest BCUT2D eigenvalue weighted by Crippen LogP contribution is -2.00. The van der Waals surface area contributed by atoms with Crippen LogP contribution in [0.4, 0.5) is 0 Å². The van der Waals surface area contributed by atoms with Gasteiger partial charge in [-0.25, -0.2) is 9.97 Å². The van der Waals surface area contributed by atoms with Crippen LogP contribution in [0.15, 0.2) is 85.1 Å². The summed E-state index contributed by atoms with van der Waals surface area (Å²) in [6.07, 6.45) is 2.83. The van der Waals surface area contributed by atoms with Crippen LogP contribution in [-0.2, 0) is 12.8 Å². The number of imidazole rings is 1. The first kappa shape index (κ1) is 19.6. The minimum Gasteiger partial charge on any atom is -0.508 e. The molecule has 3 N–H and O–H groups in total. The zero-order chi connectivity index (χ0) is 22.1. The van der Waals surface area contributed by atoms with Crippen molar-refractivity contribution in [3.05, 3.63) is 108 Å². The van der Waals surface area contributed by atoms with Gasteiger partial charge >= 0.3 is 0 Å². The molecule has 5 rings (SSSR count). The van der Waals surface area contributed by atoms with E-state index in [-0.39, 0.29) is 17.4 Å². The summed E-state index contributed by atoms with van der Waals surface area (Å²) in [5.41, 5.74) is 5.31.